The molecule has 0 aromatic rings. The summed E-state index contributed by atoms with van der Waals surface area (Å²) in [5.74, 6) is 0.564. The van der Waals surface area contributed by atoms with Gasteiger partial charge in [-0.25, -0.2) is 0 Å². The molecule has 114 valence electrons. The van der Waals surface area contributed by atoms with Crippen LogP contribution in [0, 0.1) is 5.92 Å². The number of aliphatic hydroxyl groups is 1. The third kappa shape index (κ3) is 4.60. The number of hydrogen-bond donors (Lipinski definition) is 2. The summed E-state index contributed by atoms with van der Waals surface area (Å²) in [5.41, 5.74) is 0. The SMILES string of the molecule is C[C@@H](CC(=O)N1CCCCCC1)N[C@@H]1C=C[C@H](CO)C1. The third-order valence-electron chi connectivity index (χ3n) is 4.34. The molecule has 1 heterocycles. The van der Waals surface area contributed by atoms with Crippen LogP contribution in [0.4, 0.5) is 0 Å². The zero-order chi connectivity index (χ0) is 14.4. The Morgan fingerprint density at radius 3 is 2.60 bits per heavy atom. The van der Waals surface area contributed by atoms with Crippen LogP contribution < -0.4 is 5.32 Å². The van der Waals surface area contributed by atoms with Gasteiger partial charge in [0.1, 0.15) is 0 Å². The Morgan fingerprint density at radius 2 is 2.00 bits per heavy atom. The van der Waals surface area contributed by atoms with Gasteiger partial charge in [0.15, 0.2) is 0 Å². The van der Waals surface area contributed by atoms with Crippen LogP contribution in [0.2, 0.25) is 0 Å². The maximum atomic E-state index is 12.3. The molecule has 20 heavy (non-hydrogen) atoms. The van der Waals surface area contributed by atoms with Crippen molar-refractivity contribution >= 4 is 5.91 Å². The Balaban J connectivity index is 1.72. The Labute approximate surface area is 122 Å². The number of nitrogens with zero attached hydrogens (tertiary/aromatic N) is 1. The highest BCUT2D eigenvalue weighted by molar-refractivity contribution is 5.76. The Kier molecular flexibility index (Phi) is 6.05. The molecule has 1 fully saturated rings. The molecule has 2 aliphatic rings. The van der Waals surface area contributed by atoms with Crippen molar-refractivity contribution in [1.82, 2.24) is 10.2 Å². The molecule has 1 amide bonds. The van der Waals surface area contributed by atoms with E-state index in [0.717, 1.165) is 32.4 Å². The first-order chi connectivity index (χ1) is 9.69. The van der Waals surface area contributed by atoms with Crippen molar-refractivity contribution in [1.29, 1.82) is 0 Å². The summed E-state index contributed by atoms with van der Waals surface area (Å²) >= 11 is 0. The predicted octanol–water partition coefficient (Wildman–Crippen LogP) is 1.69. The van der Waals surface area contributed by atoms with E-state index in [4.69, 9.17) is 5.11 Å². The largest absolute Gasteiger partial charge is 0.396 e. The van der Waals surface area contributed by atoms with Crippen molar-refractivity contribution in [3.8, 4) is 0 Å². The van der Waals surface area contributed by atoms with Gasteiger partial charge in [0, 0.05) is 44.1 Å². The van der Waals surface area contributed by atoms with Crippen molar-refractivity contribution in [3.63, 3.8) is 0 Å². The lowest BCUT2D eigenvalue weighted by Gasteiger charge is -2.24. The quantitative estimate of drug-likeness (QED) is 0.754. The molecule has 1 aliphatic heterocycles. The van der Waals surface area contributed by atoms with Crippen LogP contribution in [0.25, 0.3) is 0 Å². The van der Waals surface area contributed by atoms with Crippen LogP contribution in [-0.2, 0) is 4.79 Å². The van der Waals surface area contributed by atoms with Crippen molar-refractivity contribution in [2.45, 2.75) is 57.5 Å². The van der Waals surface area contributed by atoms with Crippen molar-refractivity contribution in [3.05, 3.63) is 12.2 Å². The lowest BCUT2D eigenvalue weighted by molar-refractivity contribution is -0.131. The lowest BCUT2D eigenvalue weighted by Crippen LogP contribution is -2.40. The average molecular weight is 280 g/mol. The number of carbonyl (C=O) groups is 1. The Bertz CT molecular complexity index is 335. The summed E-state index contributed by atoms with van der Waals surface area (Å²) < 4.78 is 0. The number of aliphatic hydroxyl groups excluding tert-OH is 1. The van der Waals surface area contributed by atoms with E-state index >= 15 is 0 Å². The highest BCUT2D eigenvalue weighted by atomic mass is 16.3. The molecular weight excluding hydrogens is 252 g/mol. The van der Waals surface area contributed by atoms with E-state index in [1.807, 2.05) is 4.90 Å². The second kappa shape index (κ2) is 7.79. The van der Waals surface area contributed by atoms with Gasteiger partial charge in [-0.1, -0.05) is 25.0 Å². The summed E-state index contributed by atoms with van der Waals surface area (Å²) in [6.45, 7) is 4.16. The van der Waals surface area contributed by atoms with Gasteiger partial charge in [0.05, 0.1) is 0 Å². The van der Waals surface area contributed by atoms with Gasteiger partial charge in [-0.05, 0) is 26.2 Å². The first kappa shape index (κ1) is 15.5. The molecule has 0 saturated carbocycles. The number of nitrogens with one attached hydrogen (secondary N) is 1. The molecule has 1 aliphatic carbocycles. The van der Waals surface area contributed by atoms with Gasteiger partial charge < -0.3 is 15.3 Å². The van der Waals surface area contributed by atoms with Crippen LogP contribution in [0.15, 0.2) is 12.2 Å². The number of carbonyl (C=O) groups excluding carboxylic acids is 1. The molecule has 0 spiro atoms. The molecule has 2 N–H and O–H groups in total. The van der Waals surface area contributed by atoms with Crippen molar-refractivity contribution in [2.24, 2.45) is 5.92 Å². The molecule has 0 aromatic heterocycles. The molecule has 4 nitrogen and oxygen atoms in total. The zero-order valence-corrected chi connectivity index (χ0v) is 12.6. The van der Waals surface area contributed by atoms with Gasteiger partial charge in [0.25, 0.3) is 0 Å². The summed E-state index contributed by atoms with van der Waals surface area (Å²) in [5, 5.41) is 12.6. The van der Waals surface area contributed by atoms with Gasteiger partial charge >= 0.3 is 0 Å². The molecule has 2 rings (SSSR count). The van der Waals surface area contributed by atoms with Crippen LogP contribution in [0.5, 0.6) is 0 Å². The number of likely N-dealkylation sites (tertiary alicyclic amines) is 1. The number of rotatable bonds is 5. The normalized spacial score (nSPS) is 28.4. The predicted molar refractivity (Wildman–Crippen MR) is 80.4 cm³/mol. The highest BCUT2D eigenvalue weighted by Gasteiger charge is 2.22. The van der Waals surface area contributed by atoms with Gasteiger partial charge in [0.2, 0.25) is 5.91 Å². The maximum absolute atomic E-state index is 12.3. The summed E-state index contributed by atoms with van der Waals surface area (Å²) in [6.07, 6.45) is 10.5. The van der Waals surface area contributed by atoms with E-state index in [9.17, 15) is 4.79 Å². The van der Waals surface area contributed by atoms with Crippen LogP contribution >= 0.6 is 0 Å². The summed E-state index contributed by atoms with van der Waals surface area (Å²) in [4.78, 5) is 14.3. The van der Waals surface area contributed by atoms with Crippen molar-refractivity contribution < 1.29 is 9.90 Å². The van der Waals surface area contributed by atoms with E-state index in [2.05, 4.69) is 24.4 Å². The monoisotopic (exact) mass is 280 g/mol. The maximum Gasteiger partial charge on any atom is 0.224 e. The van der Waals surface area contributed by atoms with E-state index in [1.165, 1.54) is 12.8 Å². The second-order valence-corrected chi connectivity index (χ2v) is 6.24. The number of hydrogen-bond acceptors (Lipinski definition) is 3. The zero-order valence-electron chi connectivity index (χ0n) is 12.6. The highest BCUT2D eigenvalue weighted by Crippen LogP contribution is 2.18. The fourth-order valence-electron chi connectivity index (χ4n) is 3.17. The van der Waals surface area contributed by atoms with Crippen molar-refractivity contribution in [2.75, 3.05) is 19.7 Å². The second-order valence-electron chi connectivity index (χ2n) is 6.24. The minimum absolute atomic E-state index is 0.192. The number of amides is 1. The Hall–Kier alpha value is -0.870. The first-order valence-corrected chi connectivity index (χ1v) is 8.02. The topological polar surface area (TPSA) is 52.6 Å². The van der Waals surface area contributed by atoms with Crippen LogP contribution in [-0.4, -0.2) is 47.7 Å². The minimum Gasteiger partial charge on any atom is -0.396 e. The molecule has 1 saturated heterocycles. The van der Waals surface area contributed by atoms with E-state index in [1.54, 1.807) is 0 Å². The minimum atomic E-state index is 0.192. The summed E-state index contributed by atoms with van der Waals surface area (Å²) in [7, 11) is 0. The van der Waals surface area contributed by atoms with E-state index in [0.29, 0.717) is 12.5 Å². The van der Waals surface area contributed by atoms with E-state index < -0.39 is 0 Å². The molecule has 0 bridgehead atoms. The fraction of sp³-hybridized carbons (Fsp3) is 0.812. The van der Waals surface area contributed by atoms with Gasteiger partial charge in [-0.15, -0.1) is 0 Å². The molecule has 3 atom stereocenters. The molecule has 0 radical (unpaired) electrons. The third-order valence-corrected chi connectivity index (χ3v) is 4.34. The molecule has 4 heteroatoms. The molecule has 0 unspecified atom stereocenters. The van der Waals surface area contributed by atoms with Crippen LogP contribution in [0.3, 0.4) is 0 Å². The standard InChI is InChI=1S/C16H28N2O2/c1-13(17-15-7-6-14(11-15)12-19)10-16(20)18-8-4-2-3-5-9-18/h6-7,13-15,17,19H,2-5,8-12H2,1H3/t13-,14-,15+/m0/s1. The first-order valence-electron chi connectivity index (χ1n) is 8.02. The van der Waals surface area contributed by atoms with Crippen LogP contribution in [0.1, 0.15) is 45.4 Å². The van der Waals surface area contributed by atoms with E-state index in [-0.39, 0.29) is 24.5 Å². The Morgan fingerprint density at radius 1 is 1.30 bits per heavy atom. The average Bonchev–Trinajstić information content (AvgIpc) is 2.71. The van der Waals surface area contributed by atoms with Gasteiger partial charge in [-0.3, -0.25) is 4.79 Å². The summed E-state index contributed by atoms with van der Waals surface area (Å²) in [6, 6.07) is 0.497. The smallest absolute Gasteiger partial charge is 0.224 e. The molecule has 0 aromatic carbocycles. The fourth-order valence-corrected chi connectivity index (χ4v) is 3.17. The molecular formula is C16H28N2O2. The lowest BCUT2D eigenvalue weighted by atomic mass is 10.1. The van der Waals surface area contributed by atoms with Gasteiger partial charge in [-0.2, -0.15) is 0 Å².